The number of carboxylic acid groups (broad SMARTS) is 1. The summed E-state index contributed by atoms with van der Waals surface area (Å²) in [7, 11) is 2.97. The largest absolute Gasteiger partial charge is 0.497 e. The van der Waals surface area contributed by atoms with E-state index in [1.165, 1.54) is 32.4 Å². The molecule has 0 unspecified atom stereocenters. The van der Waals surface area contributed by atoms with Crippen molar-refractivity contribution in [3.05, 3.63) is 47.5 Å². The highest BCUT2D eigenvalue weighted by Gasteiger charge is 2.23. The van der Waals surface area contributed by atoms with Crippen LogP contribution in [0.5, 0.6) is 11.5 Å². The molecule has 0 aliphatic carbocycles. The van der Waals surface area contributed by atoms with Gasteiger partial charge >= 0.3 is 11.9 Å². The Kier molecular flexibility index (Phi) is 5.42. The molecule has 2 rings (SSSR count). The lowest BCUT2D eigenvalue weighted by Gasteiger charge is -2.16. The van der Waals surface area contributed by atoms with Crippen LogP contribution in [0.3, 0.4) is 0 Å². The number of benzene rings is 2. The molecule has 0 aliphatic rings. The molecular formula is C18H18O6. The molecule has 0 bridgehead atoms. The maximum atomic E-state index is 12.3. The number of rotatable bonds is 6. The third kappa shape index (κ3) is 3.32. The van der Waals surface area contributed by atoms with Crippen LogP contribution < -0.4 is 9.47 Å². The predicted octanol–water partition coefficient (Wildman–Crippen LogP) is 3.25. The number of carbonyl (C=O) groups excluding carboxylic acids is 1. The Morgan fingerprint density at radius 2 is 1.75 bits per heavy atom. The first-order chi connectivity index (χ1) is 11.5. The minimum Gasteiger partial charge on any atom is -0.497 e. The van der Waals surface area contributed by atoms with Crippen molar-refractivity contribution in [1.82, 2.24) is 0 Å². The van der Waals surface area contributed by atoms with Gasteiger partial charge in [-0.3, -0.25) is 0 Å². The zero-order chi connectivity index (χ0) is 17.7. The standard InChI is InChI=1S/C18H18O6/c1-4-24-18(21)13-7-5-6-12(17(19)20)16(13)14-10-11(22-2)8-9-15(14)23-3/h5-10H,4H2,1-3H3,(H,19,20). The summed E-state index contributed by atoms with van der Waals surface area (Å²) in [5, 5.41) is 9.53. The molecule has 2 aromatic carbocycles. The molecule has 126 valence electrons. The Labute approximate surface area is 139 Å². The van der Waals surface area contributed by atoms with Gasteiger partial charge in [-0.15, -0.1) is 0 Å². The summed E-state index contributed by atoms with van der Waals surface area (Å²) < 4.78 is 15.6. The van der Waals surface area contributed by atoms with Crippen LogP contribution in [0.4, 0.5) is 0 Å². The molecule has 0 saturated heterocycles. The Balaban J connectivity index is 2.80. The average Bonchev–Trinajstić information content (AvgIpc) is 2.60. The van der Waals surface area contributed by atoms with Crippen LogP contribution in [0, 0.1) is 0 Å². The molecule has 0 saturated carbocycles. The second-order valence-electron chi connectivity index (χ2n) is 4.82. The van der Waals surface area contributed by atoms with Crippen LogP contribution in [-0.2, 0) is 4.74 Å². The second kappa shape index (κ2) is 7.50. The average molecular weight is 330 g/mol. The van der Waals surface area contributed by atoms with Gasteiger partial charge < -0.3 is 19.3 Å². The number of ether oxygens (including phenoxy) is 3. The Hall–Kier alpha value is -3.02. The molecule has 1 N–H and O–H groups in total. The highest BCUT2D eigenvalue weighted by atomic mass is 16.5. The van der Waals surface area contributed by atoms with Gasteiger partial charge in [0, 0.05) is 11.1 Å². The van der Waals surface area contributed by atoms with Gasteiger partial charge in [-0.05, 0) is 37.3 Å². The molecule has 0 aromatic heterocycles. The van der Waals surface area contributed by atoms with Crippen molar-refractivity contribution in [2.45, 2.75) is 6.92 Å². The van der Waals surface area contributed by atoms with Crippen LogP contribution in [0.25, 0.3) is 11.1 Å². The normalized spacial score (nSPS) is 10.1. The van der Waals surface area contributed by atoms with E-state index >= 15 is 0 Å². The third-order valence-corrected chi connectivity index (χ3v) is 3.47. The minimum atomic E-state index is -1.15. The Morgan fingerprint density at radius 3 is 2.33 bits per heavy atom. The Bertz CT molecular complexity index is 766. The molecule has 6 nitrogen and oxygen atoms in total. The highest BCUT2D eigenvalue weighted by molar-refractivity contribution is 6.06. The zero-order valence-electron chi connectivity index (χ0n) is 13.7. The maximum Gasteiger partial charge on any atom is 0.338 e. The lowest BCUT2D eigenvalue weighted by molar-refractivity contribution is 0.0527. The van der Waals surface area contributed by atoms with Crippen LogP contribution in [0.2, 0.25) is 0 Å². The van der Waals surface area contributed by atoms with Crippen LogP contribution in [0.15, 0.2) is 36.4 Å². The topological polar surface area (TPSA) is 82.1 Å². The fraction of sp³-hybridized carbons (Fsp3) is 0.222. The molecule has 0 fully saturated rings. The van der Waals surface area contributed by atoms with E-state index in [1.807, 2.05) is 0 Å². The summed E-state index contributed by atoms with van der Waals surface area (Å²) in [5.41, 5.74) is 0.813. The van der Waals surface area contributed by atoms with Crippen molar-refractivity contribution < 1.29 is 28.9 Å². The first-order valence-corrected chi connectivity index (χ1v) is 7.29. The molecule has 0 aliphatic heterocycles. The summed E-state index contributed by atoms with van der Waals surface area (Å²) in [6.07, 6.45) is 0. The van der Waals surface area contributed by atoms with Gasteiger partial charge in [0.25, 0.3) is 0 Å². The van der Waals surface area contributed by atoms with E-state index in [0.29, 0.717) is 17.1 Å². The van der Waals surface area contributed by atoms with Gasteiger partial charge in [0.05, 0.1) is 32.0 Å². The number of esters is 1. The summed E-state index contributed by atoms with van der Waals surface area (Å²) in [4.78, 5) is 23.9. The van der Waals surface area contributed by atoms with Gasteiger partial charge in [0.1, 0.15) is 11.5 Å². The van der Waals surface area contributed by atoms with E-state index in [1.54, 1.807) is 25.1 Å². The number of aromatic carboxylic acids is 1. The van der Waals surface area contributed by atoms with E-state index in [4.69, 9.17) is 14.2 Å². The Morgan fingerprint density at radius 1 is 1.04 bits per heavy atom. The molecule has 0 spiro atoms. The molecule has 0 amide bonds. The highest BCUT2D eigenvalue weighted by Crippen LogP contribution is 2.38. The van der Waals surface area contributed by atoms with Gasteiger partial charge in [-0.2, -0.15) is 0 Å². The van der Waals surface area contributed by atoms with Crippen molar-refractivity contribution in [2.24, 2.45) is 0 Å². The van der Waals surface area contributed by atoms with E-state index in [-0.39, 0.29) is 23.3 Å². The number of carboxylic acids is 1. The van der Waals surface area contributed by atoms with Crippen LogP contribution >= 0.6 is 0 Å². The number of hydrogen-bond donors (Lipinski definition) is 1. The van der Waals surface area contributed by atoms with Gasteiger partial charge in [0.15, 0.2) is 0 Å². The fourth-order valence-electron chi connectivity index (χ4n) is 2.41. The fourth-order valence-corrected chi connectivity index (χ4v) is 2.41. The maximum absolute atomic E-state index is 12.3. The monoisotopic (exact) mass is 330 g/mol. The molecule has 0 atom stereocenters. The molecular weight excluding hydrogens is 312 g/mol. The molecule has 0 radical (unpaired) electrons. The van der Waals surface area contributed by atoms with Gasteiger partial charge in [0.2, 0.25) is 0 Å². The quantitative estimate of drug-likeness (QED) is 0.819. The van der Waals surface area contributed by atoms with Crippen molar-refractivity contribution >= 4 is 11.9 Å². The SMILES string of the molecule is CCOC(=O)c1cccc(C(=O)O)c1-c1cc(OC)ccc1OC. The zero-order valence-corrected chi connectivity index (χ0v) is 13.7. The smallest absolute Gasteiger partial charge is 0.338 e. The predicted molar refractivity (Wildman–Crippen MR) is 87.9 cm³/mol. The number of methoxy groups -OCH3 is 2. The van der Waals surface area contributed by atoms with Gasteiger partial charge in [-0.25, -0.2) is 9.59 Å². The van der Waals surface area contributed by atoms with Gasteiger partial charge in [-0.1, -0.05) is 6.07 Å². The molecule has 2 aromatic rings. The van der Waals surface area contributed by atoms with E-state index in [0.717, 1.165) is 0 Å². The van der Waals surface area contributed by atoms with E-state index in [9.17, 15) is 14.7 Å². The molecule has 6 heteroatoms. The minimum absolute atomic E-state index is 0.0212. The van der Waals surface area contributed by atoms with Crippen LogP contribution in [-0.4, -0.2) is 37.9 Å². The summed E-state index contributed by atoms with van der Waals surface area (Å²) >= 11 is 0. The summed E-state index contributed by atoms with van der Waals surface area (Å²) in [6, 6.07) is 9.44. The second-order valence-corrected chi connectivity index (χ2v) is 4.82. The van der Waals surface area contributed by atoms with E-state index < -0.39 is 11.9 Å². The van der Waals surface area contributed by atoms with Crippen molar-refractivity contribution in [3.8, 4) is 22.6 Å². The number of hydrogen-bond acceptors (Lipinski definition) is 5. The molecule has 0 heterocycles. The van der Waals surface area contributed by atoms with Crippen molar-refractivity contribution in [2.75, 3.05) is 20.8 Å². The van der Waals surface area contributed by atoms with E-state index in [2.05, 4.69) is 0 Å². The van der Waals surface area contributed by atoms with Crippen LogP contribution in [0.1, 0.15) is 27.6 Å². The third-order valence-electron chi connectivity index (χ3n) is 3.47. The van der Waals surface area contributed by atoms with Crippen molar-refractivity contribution in [3.63, 3.8) is 0 Å². The molecule has 24 heavy (non-hydrogen) atoms. The lowest BCUT2D eigenvalue weighted by Crippen LogP contribution is -2.10. The summed E-state index contributed by atoms with van der Waals surface area (Å²) in [5.74, 6) is -0.808. The lowest BCUT2D eigenvalue weighted by atomic mass is 9.93. The van der Waals surface area contributed by atoms with Crippen molar-refractivity contribution in [1.29, 1.82) is 0 Å². The first kappa shape index (κ1) is 17.3. The first-order valence-electron chi connectivity index (χ1n) is 7.29. The number of carbonyl (C=O) groups is 2. The summed E-state index contributed by atoms with van der Waals surface area (Å²) in [6.45, 7) is 1.87.